The number of fused-ring (bicyclic) bond motifs is 1. The van der Waals surface area contributed by atoms with E-state index in [4.69, 9.17) is 0 Å². The summed E-state index contributed by atoms with van der Waals surface area (Å²) in [5.74, 6) is -0.240. The van der Waals surface area contributed by atoms with Crippen molar-refractivity contribution in [2.24, 2.45) is 14.1 Å². The minimum absolute atomic E-state index is 0.115. The van der Waals surface area contributed by atoms with Crippen molar-refractivity contribution in [3.05, 3.63) is 154 Å². The molecule has 3 aromatic heterocycles. The van der Waals surface area contributed by atoms with Crippen molar-refractivity contribution in [2.75, 3.05) is 0 Å². The van der Waals surface area contributed by atoms with Crippen LogP contribution in [0.25, 0.3) is 22.0 Å². The number of aliphatic hydroxyl groups is 1. The molecule has 0 bridgehead atoms. The van der Waals surface area contributed by atoms with Crippen molar-refractivity contribution < 1.29 is 9.90 Å². The first-order valence-electron chi connectivity index (χ1n) is 13.9. The average molecular weight is 570 g/mol. The lowest BCUT2D eigenvalue weighted by atomic mass is 9.82. The van der Waals surface area contributed by atoms with Crippen LogP contribution in [0.1, 0.15) is 38.4 Å². The number of pyridine rings is 2. The van der Waals surface area contributed by atoms with Crippen LogP contribution in [0.4, 0.5) is 0 Å². The SMILES string of the molecule is Cc1cccc(-c2cc(=O)n(C)c3ccc(C(O)(c4ccc(C(=O)NCc5ccccn5)cc4)c4cncn4C)cc23)c1. The molecule has 2 N–H and O–H groups in total. The number of benzene rings is 3. The van der Waals surface area contributed by atoms with Gasteiger partial charge in [0, 0.05) is 37.3 Å². The Morgan fingerprint density at radius 2 is 1.72 bits per heavy atom. The van der Waals surface area contributed by atoms with E-state index in [0.717, 1.165) is 33.3 Å². The monoisotopic (exact) mass is 569 g/mol. The molecule has 0 saturated carbocycles. The normalized spacial score (nSPS) is 12.7. The summed E-state index contributed by atoms with van der Waals surface area (Å²) in [6.45, 7) is 2.32. The van der Waals surface area contributed by atoms with Crippen LogP contribution in [0.15, 0.2) is 115 Å². The van der Waals surface area contributed by atoms with Gasteiger partial charge in [0.15, 0.2) is 5.60 Å². The van der Waals surface area contributed by atoms with Gasteiger partial charge in [0.2, 0.25) is 0 Å². The highest BCUT2D eigenvalue weighted by Crippen LogP contribution is 2.39. The van der Waals surface area contributed by atoms with Crippen LogP contribution < -0.4 is 10.9 Å². The maximum atomic E-state index is 12.9. The molecule has 0 aliphatic rings. The highest BCUT2D eigenvalue weighted by atomic mass is 16.3. The van der Waals surface area contributed by atoms with Crippen molar-refractivity contribution in [2.45, 2.75) is 19.1 Å². The molecule has 0 saturated heterocycles. The van der Waals surface area contributed by atoms with Gasteiger partial charge < -0.3 is 19.6 Å². The van der Waals surface area contributed by atoms with Crippen molar-refractivity contribution in [1.29, 1.82) is 0 Å². The molecule has 0 aliphatic heterocycles. The number of imidazole rings is 1. The molecule has 8 heteroatoms. The molecule has 6 aromatic rings. The molecular weight excluding hydrogens is 538 g/mol. The summed E-state index contributed by atoms with van der Waals surface area (Å²) in [6.07, 6.45) is 4.97. The number of carbonyl (C=O) groups is 1. The van der Waals surface area contributed by atoms with Crippen molar-refractivity contribution in [1.82, 2.24) is 24.4 Å². The first kappa shape index (κ1) is 27.8. The van der Waals surface area contributed by atoms with E-state index in [-0.39, 0.29) is 11.5 Å². The van der Waals surface area contributed by atoms with Gasteiger partial charge in [0.1, 0.15) is 0 Å². The standard InChI is InChI=1S/C35H31N5O3/c1-23-7-6-8-25(17-23)29-19-33(41)40(3)31-15-14-27(18-30(29)31)35(43,32-21-36-22-39(32)2)26-12-10-24(11-13-26)34(42)38-20-28-9-4-5-16-37-28/h4-19,21-22,43H,20H2,1-3H3,(H,38,42). The van der Waals surface area contributed by atoms with Crippen molar-refractivity contribution in [3.8, 4) is 11.1 Å². The Kier molecular flexibility index (Phi) is 7.21. The van der Waals surface area contributed by atoms with Gasteiger partial charge in [-0.2, -0.15) is 0 Å². The summed E-state index contributed by atoms with van der Waals surface area (Å²) in [5, 5.41) is 16.3. The Morgan fingerprint density at radius 3 is 2.42 bits per heavy atom. The topological polar surface area (TPSA) is 102 Å². The fraction of sp³-hybridized carbons (Fsp3) is 0.143. The van der Waals surface area contributed by atoms with E-state index in [0.29, 0.717) is 28.9 Å². The second-order valence-corrected chi connectivity index (χ2v) is 10.7. The van der Waals surface area contributed by atoms with Crippen LogP contribution in [-0.4, -0.2) is 30.1 Å². The molecule has 1 atom stereocenters. The number of carbonyl (C=O) groups excluding carboxylic acids is 1. The number of amides is 1. The van der Waals surface area contributed by atoms with Crippen LogP contribution in [0.5, 0.6) is 0 Å². The van der Waals surface area contributed by atoms with Crippen LogP contribution >= 0.6 is 0 Å². The van der Waals surface area contributed by atoms with Gasteiger partial charge in [0.25, 0.3) is 11.5 Å². The molecule has 1 unspecified atom stereocenters. The molecular formula is C35H31N5O3. The quantitative estimate of drug-likeness (QED) is 0.286. The Hall–Kier alpha value is -5.34. The smallest absolute Gasteiger partial charge is 0.251 e. The molecule has 0 aliphatic carbocycles. The molecule has 0 spiro atoms. The first-order chi connectivity index (χ1) is 20.8. The molecule has 0 fully saturated rings. The van der Waals surface area contributed by atoms with Gasteiger partial charge in [-0.15, -0.1) is 0 Å². The minimum Gasteiger partial charge on any atom is -0.374 e. The Bertz CT molecular complexity index is 2010. The first-order valence-corrected chi connectivity index (χ1v) is 13.9. The zero-order valence-corrected chi connectivity index (χ0v) is 24.2. The summed E-state index contributed by atoms with van der Waals surface area (Å²) in [7, 11) is 3.57. The maximum Gasteiger partial charge on any atom is 0.251 e. The molecule has 3 aromatic carbocycles. The Balaban J connectivity index is 1.45. The summed E-state index contributed by atoms with van der Waals surface area (Å²) in [6, 6.07) is 27.8. The minimum atomic E-state index is -1.61. The van der Waals surface area contributed by atoms with Crippen molar-refractivity contribution >= 4 is 16.8 Å². The fourth-order valence-electron chi connectivity index (χ4n) is 5.54. The zero-order valence-electron chi connectivity index (χ0n) is 24.2. The molecule has 43 heavy (non-hydrogen) atoms. The van der Waals surface area contributed by atoms with Gasteiger partial charge in [-0.1, -0.05) is 54.1 Å². The third-order valence-corrected chi connectivity index (χ3v) is 7.90. The number of hydrogen-bond donors (Lipinski definition) is 2. The summed E-state index contributed by atoms with van der Waals surface area (Å²) in [4.78, 5) is 34.4. The van der Waals surface area contributed by atoms with Gasteiger partial charge in [-0.3, -0.25) is 14.6 Å². The van der Waals surface area contributed by atoms with Gasteiger partial charge in [-0.05, 0) is 65.6 Å². The predicted octanol–water partition coefficient (Wildman–Crippen LogP) is 4.86. The third kappa shape index (κ3) is 5.13. The lowest BCUT2D eigenvalue weighted by Crippen LogP contribution is -2.31. The van der Waals surface area contributed by atoms with Gasteiger partial charge in [-0.25, -0.2) is 4.98 Å². The number of hydrogen-bond acceptors (Lipinski definition) is 5. The average Bonchev–Trinajstić information content (AvgIpc) is 3.47. The summed E-state index contributed by atoms with van der Waals surface area (Å²) in [5.41, 5.74) is 4.76. The predicted molar refractivity (Wildman–Crippen MR) is 167 cm³/mol. The zero-order chi connectivity index (χ0) is 30.1. The fourth-order valence-corrected chi connectivity index (χ4v) is 5.54. The van der Waals surface area contributed by atoms with Crippen molar-refractivity contribution in [3.63, 3.8) is 0 Å². The van der Waals surface area contributed by atoms with E-state index in [2.05, 4.69) is 15.3 Å². The molecule has 1 amide bonds. The second-order valence-electron chi connectivity index (χ2n) is 10.7. The largest absolute Gasteiger partial charge is 0.374 e. The van der Waals surface area contributed by atoms with E-state index < -0.39 is 5.60 Å². The van der Waals surface area contributed by atoms with E-state index in [9.17, 15) is 14.7 Å². The van der Waals surface area contributed by atoms with Crippen LogP contribution in [0.3, 0.4) is 0 Å². The summed E-state index contributed by atoms with van der Waals surface area (Å²) >= 11 is 0. The molecule has 8 nitrogen and oxygen atoms in total. The van der Waals surface area contributed by atoms with E-state index >= 15 is 0 Å². The Morgan fingerprint density at radius 1 is 0.930 bits per heavy atom. The Labute approximate surface area is 248 Å². The molecule has 3 heterocycles. The molecule has 0 radical (unpaired) electrons. The molecule has 214 valence electrons. The number of aryl methyl sites for hydroxylation is 3. The number of nitrogens with one attached hydrogen (secondary N) is 1. The third-order valence-electron chi connectivity index (χ3n) is 7.90. The lowest BCUT2D eigenvalue weighted by Gasteiger charge is -2.30. The highest BCUT2D eigenvalue weighted by Gasteiger charge is 2.37. The van der Waals surface area contributed by atoms with E-state index in [1.807, 2.05) is 74.6 Å². The maximum absolute atomic E-state index is 12.9. The lowest BCUT2D eigenvalue weighted by molar-refractivity contribution is 0.0949. The number of aromatic nitrogens is 4. The number of nitrogens with zero attached hydrogens (tertiary/aromatic N) is 4. The van der Waals surface area contributed by atoms with Crippen LogP contribution in [-0.2, 0) is 26.2 Å². The van der Waals surface area contributed by atoms with Crippen LogP contribution in [0.2, 0.25) is 0 Å². The second kappa shape index (κ2) is 11.2. The van der Waals surface area contributed by atoms with Gasteiger partial charge >= 0.3 is 0 Å². The highest BCUT2D eigenvalue weighted by molar-refractivity contribution is 5.96. The van der Waals surface area contributed by atoms with E-state index in [1.54, 1.807) is 65.2 Å². The van der Waals surface area contributed by atoms with Crippen LogP contribution in [0, 0.1) is 6.92 Å². The van der Waals surface area contributed by atoms with Gasteiger partial charge in [0.05, 0.1) is 36.0 Å². The summed E-state index contributed by atoms with van der Waals surface area (Å²) < 4.78 is 3.39. The number of rotatable bonds is 7. The molecule has 6 rings (SSSR count). The van der Waals surface area contributed by atoms with E-state index in [1.165, 1.54) is 0 Å².